The summed E-state index contributed by atoms with van der Waals surface area (Å²) in [6.45, 7) is 13.8. The molecular formula is C50H42N2O. The lowest BCUT2D eigenvalue weighted by Gasteiger charge is -2.19. The van der Waals surface area contributed by atoms with Crippen molar-refractivity contribution in [3.05, 3.63) is 157 Å². The van der Waals surface area contributed by atoms with Gasteiger partial charge in [-0.15, -0.1) is 0 Å². The summed E-state index contributed by atoms with van der Waals surface area (Å²) in [7, 11) is 0. The van der Waals surface area contributed by atoms with Crippen molar-refractivity contribution in [1.82, 2.24) is 9.13 Å². The summed E-state index contributed by atoms with van der Waals surface area (Å²) >= 11 is 0. The monoisotopic (exact) mass is 686 g/mol. The van der Waals surface area contributed by atoms with E-state index in [1.165, 1.54) is 71.6 Å². The van der Waals surface area contributed by atoms with Gasteiger partial charge >= 0.3 is 0 Å². The van der Waals surface area contributed by atoms with Crippen molar-refractivity contribution in [3.63, 3.8) is 0 Å². The van der Waals surface area contributed by atoms with Crippen LogP contribution in [0.3, 0.4) is 0 Å². The quantitative estimate of drug-likeness (QED) is 0.181. The fourth-order valence-electron chi connectivity index (χ4n) is 8.37. The largest absolute Gasteiger partial charge is 0.456 e. The van der Waals surface area contributed by atoms with Crippen molar-refractivity contribution in [2.24, 2.45) is 0 Å². The number of fused-ring (bicyclic) bond motifs is 10. The van der Waals surface area contributed by atoms with E-state index in [-0.39, 0.29) is 10.8 Å². The van der Waals surface area contributed by atoms with E-state index in [2.05, 4.69) is 190 Å². The minimum Gasteiger partial charge on any atom is -0.456 e. The summed E-state index contributed by atoms with van der Waals surface area (Å²) in [4.78, 5) is 0. The molecular weight excluding hydrogens is 645 g/mol. The number of hydrogen-bond donors (Lipinski definition) is 0. The summed E-state index contributed by atoms with van der Waals surface area (Å²) in [5.74, 6) is 0. The number of aromatic nitrogens is 2. The van der Waals surface area contributed by atoms with Crippen LogP contribution in [0, 0.1) is 0 Å². The predicted molar refractivity (Wildman–Crippen MR) is 225 cm³/mol. The highest BCUT2D eigenvalue weighted by molar-refractivity contribution is 6.24. The van der Waals surface area contributed by atoms with E-state index in [0.717, 1.165) is 27.6 Å². The fourth-order valence-corrected chi connectivity index (χ4v) is 8.37. The van der Waals surface area contributed by atoms with E-state index in [9.17, 15) is 0 Å². The molecule has 0 saturated carbocycles. The zero-order valence-electron chi connectivity index (χ0n) is 31.2. The maximum absolute atomic E-state index is 6.33. The number of nitrogens with zero attached hydrogens (tertiary/aromatic N) is 2. The van der Waals surface area contributed by atoms with Gasteiger partial charge in [0, 0.05) is 38.3 Å². The second-order valence-electron chi connectivity index (χ2n) is 16.7. The van der Waals surface area contributed by atoms with Gasteiger partial charge < -0.3 is 13.6 Å². The van der Waals surface area contributed by atoms with Gasteiger partial charge in [0.05, 0.1) is 27.5 Å². The summed E-state index contributed by atoms with van der Waals surface area (Å²) in [6, 6.07) is 53.5. The van der Waals surface area contributed by atoms with Gasteiger partial charge in [0.15, 0.2) is 0 Å². The van der Waals surface area contributed by atoms with Crippen molar-refractivity contribution in [2.75, 3.05) is 0 Å². The van der Waals surface area contributed by atoms with Gasteiger partial charge in [0.1, 0.15) is 11.2 Å². The molecule has 0 N–H and O–H groups in total. The van der Waals surface area contributed by atoms with Gasteiger partial charge in [-0.1, -0.05) is 114 Å². The summed E-state index contributed by atoms with van der Waals surface area (Å²) in [5.41, 5.74) is 14.2. The molecule has 0 bridgehead atoms. The lowest BCUT2D eigenvalue weighted by molar-refractivity contribution is 0.590. The zero-order valence-corrected chi connectivity index (χ0v) is 31.2. The third-order valence-electron chi connectivity index (χ3n) is 11.3. The second-order valence-corrected chi connectivity index (χ2v) is 16.7. The van der Waals surface area contributed by atoms with E-state index in [0.29, 0.717) is 0 Å². The Balaban J connectivity index is 1.08. The van der Waals surface area contributed by atoms with Gasteiger partial charge in [-0.25, -0.2) is 0 Å². The van der Waals surface area contributed by atoms with Crippen molar-refractivity contribution in [3.8, 4) is 22.5 Å². The first-order valence-electron chi connectivity index (χ1n) is 18.7. The Labute approximate surface area is 309 Å². The average molecular weight is 687 g/mol. The number of hydrogen-bond acceptors (Lipinski definition) is 1. The molecule has 53 heavy (non-hydrogen) atoms. The lowest BCUT2D eigenvalue weighted by atomic mass is 9.85. The van der Waals surface area contributed by atoms with Crippen LogP contribution in [-0.2, 0) is 10.8 Å². The smallest absolute Gasteiger partial charge is 0.137 e. The number of benzene rings is 7. The Morgan fingerprint density at radius 3 is 1.49 bits per heavy atom. The molecule has 3 heterocycles. The first kappa shape index (κ1) is 31.7. The highest BCUT2D eigenvalue weighted by Gasteiger charge is 2.22. The van der Waals surface area contributed by atoms with Gasteiger partial charge in [-0.05, 0) is 106 Å². The molecule has 0 spiro atoms. The van der Waals surface area contributed by atoms with Crippen LogP contribution in [0.1, 0.15) is 52.7 Å². The maximum Gasteiger partial charge on any atom is 0.137 e. The highest BCUT2D eigenvalue weighted by atomic mass is 16.3. The van der Waals surface area contributed by atoms with Crippen molar-refractivity contribution in [1.29, 1.82) is 0 Å². The van der Waals surface area contributed by atoms with E-state index < -0.39 is 0 Å². The van der Waals surface area contributed by atoms with Crippen molar-refractivity contribution >= 4 is 65.6 Å². The molecule has 0 amide bonds. The Kier molecular flexibility index (Phi) is 6.70. The van der Waals surface area contributed by atoms with Crippen molar-refractivity contribution < 1.29 is 4.42 Å². The number of para-hydroxylation sites is 2. The normalized spacial score (nSPS) is 12.7. The zero-order chi connectivity index (χ0) is 36.2. The number of furan rings is 1. The van der Waals surface area contributed by atoms with Crippen LogP contribution in [-0.4, -0.2) is 9.13 Å². The molecule has 0 aliphatic carbocycles. The van der Waals surface area contributed by atoms with Crippen LogP contribution in [0.2, 0.25) is 0 Å². The maximum atomic E-state index is 6.33. The molecule has 10 rings (SSSR count). The standard InChI is InChI=1S/C50H42N2O/c1-49(2,3)33-19-26-43-40(29-33)41-30-34(50(4,5)6)20-27-44(41)51(43)35-21-15-31(16-22-35)32-17-23-36(24-18-32)52-42-13-9-7-11-37(42)38-25-28-46-47(48(38)52)39-12-8-10-14-45(39)53-46/h7-30H,1-6H3. The minimum absolute atomic E-state index is 0.0723. The summed E-state index contributed by atoms with van der Waals surface area (Å²) in [6.07, 6.45) is 0. The highest BCUT2D eigenvalue weighted by Crippen LogP contribution is 2.42. The van der Waals surface area contributed by atoms with Gasteiger partial charge in [-0.2, -0.15) is 0 Å². The molecule has 0 aliphatic heterocycles. The van der Waals surface area contributed by atoms with Crippen LogP contribution in [0.4, 0.5) is 0 Å². The van der Waals surface area contributed by atoms with E-state index in [4.69, 9.17) is 4.42 Å². The molecule has 0 aliphatic rings. The van der Waals surface area contributed by atoms with Crippen LogP contribution >= 0.6 is 0 Å². The average Bonchev–Trinajstić information content (AvgIpc) is 3.81. The van der Waals surface area contributed by atoms with E-state index in [1.54, 1.807) is 0 Å². The van der Waals surface area contributed by atoms with Crippen LogP contribution in [0.15, 0.2) is 150 Å². The third kappa shape index (κ3) is 4.87. The first-order valence-corrected chi connectivity index (χ1v) is 18.7. The Bertz CT molecular complexity index is 2970. The van der Waals surface area contributed by atoms with Gasteiger partial charge in [0.25, 0.3) is 0 Å². The molecule has 0 unspecified atom stereocenters. The molecule has 7 aromatic carbocycles. The summed E-state index contributed by atoms with van der Waals surface area (Å²) < 4.78 is 11.2. The predicted octanol–water partition coefficient (Wildman–Crippen LogP) is 14.0. The Morgan fingerprint density at radius 1 is 0.396 bits per heavy atom. The topological polar surface area (TPSA) is 23.0 Å². The Hall–Kier alpha value is -6.06. The first-order chi connectivity index (χ1) is 25.5. The van der Waals surface area contributed by atoms with Gasteiger partial charge in [0.2, 0.25) is 0 Å². The molecule has 0 saturated heterocycles. The summed E-state index contributed by atoms with van der Waals surface area (Å²) in [5, 5.41) is 7.38. The van der Waals surface area contributed by atoms with E-state index >= 15 is 0 Å². The molecule has 258 valence electrons. The molecule has 3 aromatic heterocycles. The third-order valence-corrected chi connectivity index (χ3v) is 11.3. The van der Waals surface area contributed by atoms with Gasteiger partial charge in [-0.3, -0.25) is 0 Å². The fraction of sp³-hybridized carbons (Fsp3) is 0.160. The molecule has 0 radical (unpaired) electrons. The molecule has 0 fully saturated rings. The molecule has 0 atom stereocenters. The van der Waals surface area contributed by atoms with Crippen molar-refractivity contribution in [2.45, 2.75) is 52.4 Å². The molecule has 10 aromatic rings. The Morgan fingerprint density at radius 2 is 0.906 bits per heavy atom. The van der Waals surface area contributed by atoms with E-state index in [1.807, 2.05) is 6.07 Å². The number of rotatable bonds is 3. The van der Waals surface area contributed by atoms with Crippen LogP contribution in [0.5, 0.6) is 0 Å². The molecule has 3 nitrogen and oxygen atoms in total. The lowest BCUT2D eigenvalue weighted by Crippen LogP contribution is -2.10. The minimum atomic E-state index is 0.0723. The van der Waals surface area contributed by atoms with Crippen LogP contribution in [0.25, 0.3) is 88.1 Å². The second kappa shape index (κ2) is 11.2. The van der Waals surface area contributed by atoms with Crippen LogP contribution < -0.4 is 0 Å². The molecule has 3 heteroatoms. The SMILES string of the molecule is CC(C)(C)c1ccc2c(c1)c1cc(C(C)(C)C)ccc1n2-c1ccc(-c2ccc(-n3c4ccccc4c4ccc5oc6ccccc6c5c43)cc2)cc1.